The van der Waals surface area contributed by atoms with Crippen molar-refractivity contribution in [2.45, 2.75) is 32.1 Å². The fourth-order valence-electron chi connectivity index (χ4n) is 1.60. The van der Waals surface area contributed by atoms with Crippen LogP contribution >= 0.6 is 0 Å². The molecule has 80 valence electrons. The maximum atomic E-state index is 11.2. The molecular formula is C11H20N2O. The molecule has 2 fully saturated rings. The summed E-state index contributed by atoms with van der Waals surface area (Å²) >= 11 is 0. The second-order valence-electron chi connectivity index (χ2n) is 4.55. The number of hydrogen-bond acceptors (Lipinski definition) is 2. The lowest BCUT2D eigenvalue weighted by Crippen LogP contribution is -2.33. The van der Waals surface area contributed by atoms with Crippen molar-refractivity contribution in [2.75, 3.05) is 19.6 Å². The molecule has 0 bridgehead atoms. The van der Waals surface area contributed by atoms with E-state index in [0.29, 0.717) is 5.92 Å². The number of rotatable bonds is 7. The summed E-state index contributed by atoms with van der Waals surface area (Å²) in [7, 11) is 0. The van der Waals surface area contributed by atoms with Gasteiger partial charge >= 0.3 is 0 Å². The number of carbonyl (C=O) groups is 1. The van der Waals surface area contributed by atoms with Crippen molar-refractivity contribution in [2.24, 2.45) is 11.8 Å². The molecule has 2 saturated carbocycles. The molecule has 0 aliphatic heterocycles. The van der Waals surface area contributed by atoms with E-state index in [0.717, 1.165) is 38.4 Å². The van der Waals surface area contributed by atoms with Crippen LogP contribution in [0.25, 0.3) is 0 Å². The van der Waals surface area contributed by atoms with Gasteiger partial charge in [-0.3, -0.25) is 4.79 Å². The van der Waals surface area contributed by atoms with E-state index in [4.69, 9.17) is 0 Å². The molecule has 14 heavy (non-hydrogen) atoms. The van der Waals surface area contributed by atoms with Crippen LogP contribution in [0.3, 0.4) is 0 Å². The standard InChI is InChI=1S/C11H20N2O/c14-11(10-3-4-10)13-8-7-12-6-5-9-1-2-9/h9-10,12H,1-8H2,(H,13,14). The fourth-order valence-corrected chi connectivity index (χ4v) is 1.60. The van der Waals surface area contributed by atoms with Crippen molar-refractivity contribution < 1.29 is 4.79 Å². The van der Waals surface area contributed by atoms with Gasteiger partial charge in [-0.05, 0) is 31.7 Å². The van der Waals surface area contributed by atoms with Gasteiger partial charge in [0.05, 0.1) is 0 Å². The first-order chi connectivity index (χ1) is 6.86. The van der Waals surface area contributed by atoms with Crippen LogP contribution < -0.4 is 10.6 Å². The van der Waals surface area contributed by atoms with Crippen LogP contribution in [0.1, 0.15) is 32.1 Å². The SMILES string of the molecule is O=C(NCCNCCC1CC1)C1CC1. The van der Waals surface area contributed by atoms with Crippen molar-refractivity contribution in [1.29, 1.82) is 0 Å². The van der Waals surface area contributed by atoms with E-state index in [-0.39, 0.29) is 5.91 Å². The molecule has 3 nitrogen and oxygen atoms in total. The molecule has 2 N–H and O–H groups in total. The summed E-state index contributed by atoms with van der Waals surface area (Å²) in [6.07, 6.45) is 6.37. The van der Waals surface area contributed by atoms with Gasteiger partial charge in [0.1, 0.15) is 0 Å². The van der Waals surface area contributed by atoms with Crippen molar-refractivity contribution in [3.05, 3.63) is 0 Å². The van der Waals surface area contributed by atoms with Crippen molar-refractivity contribution >= 4 is 5.91 Å². The minimum absolute atomic E-state index is 0.258. The smallest absolute Gasteiger partial charge is 0.223 e. The summed E-state index contributed by atoms with van der Waals surface area (Å²) in [6, 6.07) is 0. The maximum Gasteiger partial charge on any atom is 0.223 e. The van der Waals surface area contributed by atoms with Gasteiger partial charge in [-0.2, -0.15) is 0 Å². The third-order valence-electron chi connectivity index (χ3n) is 2.98. The van der Waals surface area contributed by atoms with Gasteiger partial charge in [0.2, 0.25) is 5.91 Å². The number of nitrogens with one attached hydrogen (secondary N) is 2. The lowest BCUT2D eigenvalue weighted by molar-refractivity contribution is -0.122. The van der Waals surface area contributed by atoms with Crippen molar-refractivity contribution in [3.63, 3.8) is 0 Å². The van der Waals surface area contributed by atoms with Crippen molar-refractivity contribution in [3.8, 4) is 0 Å². The maximum absolute atomic E-state index is 11.2. The Morgan fingerprint density at radius 3 is 2.50 bits per heavy atom. The van der Waals surface area contributed by atoms with E-state index >= 15 is 0 Å². The van der Waals surface area contributed by atoms with Crippen LogP contribution in [0.5, 0.6) is 0 Å². The van der Waals surface area contributed by atoms with Gasteiger partial charge in [-0.25, -0.2) is 0 Å². The van der Waals surface area contributed by atoms with E-state index in [2.05, 4.69) is 10.6 Å². The Kier molecular flexibility index (Phi) is 3.40. The Hall–Kier alpha value is -0.570. The lowest BCUT2D eigenvalue weighted by atomic mass is 10.3. The fraction of sp³-hybridized carbons (Fsp3) is 0.909. The number of hydrogen-bond donors (Lipinski definition) is 2. The van der Waals surface area contributed by atoms with Gasteiger partial charge in [-0.15, -0.1) is 0 Å². The van der Waals surface area contributed by atoms with Gasteiger partial charge in [0, 0.05) is 19.0 Å². The molecule has 2 aliphatic rings. The predicted molar refractivity (Wildman–Crippen MR) is 55.9 cm³/mol. The molecule has 3 heteroatoms. The van der Waals surface area contributed by atoms with Crippen LogP contribution in [-0.4, -0.2) is 25.5 Å². The molecule has 0 saturated heterocycles. The highest BCUT2D eigenvalue weighted by molar-refractivity contribution is 5.80. The molecular weight excluding hydrogens is 176 g/mol. The molecule has 0 spiro atoms. The quantitative estimate of drug-likeness (QED) is 0.594. The van der Waals surface area contributed by atoms with Crippen molar-refractivity contribution in [1.82, 2.24) is 10.6 Å². The number of carbonyl (C=O) groups excluding carboxylic acids is 1. The Morgan fingerprint density at radius 1 is 1.07 bits per heavy atom. The average molecular weight is 196 g/mol. The summed E-state index contributed by atoms with van der Waals surface area (Å²) in [4.78, 5) is 11.2. The first-order valence-electron chi connectivity index (χ1n) is 5.84. The van der Waals surface area contributed by atoms with Gasteiger partial charge in [-0.1, -0.05) is 12.8 Å². The van der Waals surface area contributed by atoms with Crippen LogP contribution in [0, 0.1) is 11.8 Å². The third-order valence-corrected chi connectivity index (χ3v) is 2.98. The largest absolute Gasteiger partial charge is 0.355 e. The highest BCUT2D eigenvalue weighted by Crippen LogP contribution is 2.31. The topological polar surface area (TPSA) is 41.1 Å². The zero-order valence-electron chi connectivity index (χ0n) is 8.72. The van der Waals surface area contributed by atoms with Crippen LogP contribution in [0.2, 0.25) is 0 Å². The average Bonchev–Trinajstić information content (AvgIpc) is 3.04. The summed E-state index contributed by atoms with van der Waals surface area (Å²) < 4.78 is 0. The molecule has 2 aliphatic carbocycles. The third kappa shape index (κ3) is 3.66. The van der Waals surface area contributed by atoms with Gasteiger partial charge in [0.15, 0.2) is 0 Å². The van der Waals surface area contributed by atoms with Gasteiger partial charge < -0.3 is 10.6 Å². The zero-order valence-corrected chi connectivity index (χ0v) is 8.72. The van der Waals surface area contributed by atoms with E-state index in [1.54, 1.807) is 0 Å². The second-order valence-corrected chi connectivity index (χ2v) is 4.55. The molecule has 0 aromatic carbocycles. The Balaban J connectivity index is 1.36. The molecule has 2 rings (SSSR count). The highest BCUT2D eigenvalue weighted by atomic mass is 16.2. The molecule has 0 aromatic heterocycles. The summed E-state index contributed by atoms with van der Waals surface area (Å²) in [6.45, 7) is 2.83. The van der Waals surface area contributed by atoms with Crippen LogP contribution in [0.15, 0.2) is 0 Å². The summed E-state index contributed by atoms with van der Waals surface area (Å²) in [5.41, 5.74) is 0. The first-order valence-corrected chi connectivity index (χ1v) is 5.84. The zero-order chi connectivity index (χ0) is 9.80. The normalized spacial score (nSPS) is 20.9. The Morgan fingerprint density at radius 2 is 1.86 bits per heavy atom. The minimum atomic E-state index is 0.258. The van der Waals surface area contributed by atoms with E-state index in [9.17, 15) is 4.79 Å². The Labute approximate surface area is 85.6 Å². The molecule has 1 amide bonds. The number of amides is 1. The van der Waals surface area contributed by atoms with E-state index in [1.807, 2.05) is 0 Å². The monoisotopic (exact) mass is 196 g/mol. The summed E-state index contributed by atoms with van der Waals surface area (Å²) in [5.74, 6) is 1.61. The molecule has 0 aromatic rings. The van der Waals surface area contributed by atoms with Crippen LogP contribution in [0.4, 0.5) is 0 Å². The minimum Gasteiger partial charge on any atom is -0.355 e. The Bertz CT molecular complexity index is 197. The highest BCUT2D eigenvalue weighted by Gasteiger charge is 2.28. The van der Waals surface area contributed by atoms with E-state index < -0.39 is 0 Å². The lowest BCUT2D eigenvalue weighted by Gasteiger charge is -2.05. The first kappa shape index (κ1) is 9.97. The second kappa shape index (κ2) is 4.78. The van der Waals surface area contributed by atoms with E-state index in [1.165, 1.54) is 19.3 Å². The molecule has 0 atom stereocenters. The molecule has 0 heterocycles. The molecule has 0 radical (unpaired) electrons. The predicted octanol–water partition coefficient (Wildman–Crippen LogP) is 0.902. The summed E-state index contributed by atoms with van der Waals surface area (Å²) in [5, 5.41) is 6.30. The van der Waals surface area contributed by atoms with Gasteiger partial charge in [0.25, 0.3) is 0 Å². The van der Waals surface area contributed by atoms with Crippen LogP contribution in [-0.2, 0) is 4.79 Å². The molecule has 0 unspecified atom stereocenters.